The fourth-order valence-electron chi connectivity index (χ4n) is 5.05. The second-order valence-electron chi connectivity index (χ2n) is 9.58. The maximum atomic E-state index is 13.8. The lowest BCUT2D eigenvalue weighted by molar-refractivity contribution is -0.152. The minimum absolute atomic E-state index is 0.0333. The number of hydrogen-bond acceptors (Lipinski definition) is 5. The van der Waals surface area contributed by atoms with Crippen LogP contribution in [-0.4, -0.2) is 53.5 Å². The second kappa shape index (κ2) is 14.1. The van der Waals surface area contributed by atoms with Crippen LogP contribution < -0.4 is 0 Å². The van der Waals surface area contributed by atoms with Crippen LogP contribution in [0.1, 0.15) is 75.9 Å². The topological polar surface area (TPSA) is 63.0 Å². The zero-order valence-electron chi connectivity index (χ0n) is 21.7. The van der Waals surface area contributed by atoms with E-state index in [1.807, 2.05) is 49.1 Å². The van der Waals surface area contributed by atoms with Crippen LogP contribution in [0.3, 0.4) is 0 Å². The van der Waals surface area contributed by atoms with Gasteiger partial charge in [0, 0.05) is 12.6 Å². The number of carbonyl (C=O) groups excluding carboxylic acids is 2. The Bertz CT molecular complexity index is 904. The molecule has 1 fully saturated rings. The Morgan fingerprint density at radius 2 is 1.80 bits per heavy atom. The van der Waals surface area contributed by atoms with E-state index in [0.717, 1.165) is 50.0 Å². The number of esters is 1. The smallest absolute Gasteiger partial charge is 0.323 e. The summed E-state index contributed by atoms with van der Waals surface area (Å²) >= 11 is 0. The summed E-state index contributed by atoms with van der Waals surface area (Å²) in [6.07, 6.45) is 7.88. The molecule has 3 rings (SSSR count). The largest absolute Gasteiger partial charge is 0.465 e. The SMILES string of the molecule is CCCC(C(=O)OCC)N(CC(=O)N(CCc1ccccc1)Cc1ccc(C)o1)C1CCCCC1. The maximum Gasteiger partial charge on any atom is 0.323 e. The highest BCUT2D eigenvalue weighted by molar-refractivity contribution is 5.80. The van der Waals surface area contributed by atoms with Gasteiger partial charge in [0.1, 0.15) is 17.6 Å². The van der Waals surface area contributed by atoms with E-state index >= 15 is 0 Å². The van der Waals surface area contributed by atoms with Gasteiger partial charge in [0.05, 0.1) is 19.7 Å². The summed E-state index contributed by atoms with van der Waals surface area (Å²) in [5, 5.41) is 0. The lowest BCUT2D eigenvalue weighted by Crippen LogP contribution is -2.53. The number of aryl methyl sites for hydroxylation is 1. The van der Waals surface area contributed by atoms with Crippen LogP contribution in [0.5, 0.6) is 0 Å². The number of rotatable bonds is 13. The van der Waals surface area contributed by atoms with Gasteiger partial charge in [0.25, 0.3) is 0 Å². The first-order chi connectivity index (χ1) is 17.0. The number of nitrogens with zero attached hydrogens (tertiary/aromatic N) is 2. The van der Waals surface area contributed by atoms with Crippen LogP contribution >= 0.6 is 0 Å². The van der Waals surface area contributed by atoms with E-state index in [1.54, 1.807) is 0 Å². The Balaban J connectivity index is 1.81. The van der Waals surface area contributed by atoms with E-state index in [0.29, 0.717) is 26.1 Å². The summed E-state index contributed by atoms with van der Waals surface area (Å²) in [5.74, 6) is 1.45. The fraction of sp³-hybridized carbons (Fsp3) is 0.586. The summed E-state index contributed by atoms with van der Waals surface area (Å²) in [5.41, 5.74) is 1.19. The molecule has 1 aromatic heterocycles. The third kappa shape index (κ3) is 8.24. The van der Waals surface area contributed by atoms with Crippen LogP contribution in [0.15, 0.2) is 46.9 Å². The van der Waals surface area contributed by atoms with Crippen molar-refractivity contribution in [1.29, 1.82) is 0 Å². The van der Waals surface area contributed by atoms with E-state index in [1.165, 1.54) is 12.0 Å². The Hall–Kier alpha value is -2.60. The van der Waals surface area contributed by atoms with Crippen molar-refractivity contribution >= 4 is 11.9 Å². The van der Waals surface area contributed by atoms with Crippen LogP contribution in [0.2, 0.25) is 0 Å². The molecule has 1 aliphatic rings. The zero-order chi connectivity index (χ0) is 25.0. The molecule has 2 aromatic rings. The Labute approximate surface area is 210 Å². The van der Waals surface area contributed by atoms with Crippen molar-refractivity contribution in [3.8, 4) is 0 Å². The number of amides is 1. The molecule has 1 atom stereocenters. The van der Waals surface area contributed by atoms with E-state index in [-0.39, 0.29) is 30.5 Å². The Kier molecular flexibility index (Phi) is 10.9. The van der Waals surface area contributed by atoms with Gasteiger partial charge in [-0.3, -0.25) is 14.5 Å². The first-order valence-corrected chi connectivity index (χ1v) is 13.3. The quantitative estimate of drug-likeness (QED) is 0.352. The maximum absolute atomic E-state index is 13.8. The number of ether oxygens (including phenoxy) is 1. The highest BCUT2D eigenvalue weighted by Gasteiger charge is 2.35. The molecule has 0 saturated heterocycles. The normalized spacial score (nSPS) is 15.2. The molecule has 6 nitrogen and oxygen atoms in total. The number of carbonyl (C=O) groups is 2. The summed E-state index contributed by atoms with van der Waals surface area (Å²) in [7, 11) is 0. The number of benzene rings is 1. The van der Waals surface area contributed by atoms with E-state index in [4.69, 9.17) is 9.15 Å². The highest BCUT2D eigenvalue weighted by atomic mass is 16.5. The first-order valence-electron chi connectivity index (χ1n) is 13.3. The Morgan fingerprint density at radius 3 is 2.43 bits per heavy atom. The summed E-state index contributed by atoms with van der Waals surface area (Å²) in [4.78, 5) is 30.8. The predicted octanol–water partition coefficient (Wildman–Crippen LogP) is 5.53. The molecule has 1 unspecified atom stereocenters. The lowest BCUT2D eigenvalue weighted by Gasteiger charge is -2.39. The number of furan rings is 1. The molecule has 1 aliphatic carbocycles. The van der Waals surface area contributed by atoms with Gasteiger partial charge in [-0.1, -0.05) is 62.9 Å². The molecule has 6 heteroatoms. The molecule has 1 saturated carbocycles. The Morgan fingerprint density at radius 1 is 1.06 bits per heavy atom. The third-order valence-corrected chi connectivity index (χ3v) is 6.89. The molecule has 1 aromatic carbocycles. The lowest BCUT2D eigenvalue weighted by atomic mass is 9.92. The molecular formula is C29H42N2O4. The molecule has 0 spiro atoms. The summed E-state index contributed by atoms with van der Waals surface area (Å²) in [6, 6.07) is 14.0. The predicted molar refractivity (Wildman–Crippen MR) is 138 cm³/mol. The molecule has 192 valence electrons. The van der Waals surface area contributed by atoms with E-state index in [2.05, 4.69) is 24.0 Å². The fourth-order valence-corrected chi connectivity index (χ4v) is 5.05. The zero-order valence-corrected chi connectivity index (χ0v) is 21.7. The summed E-state index contributed by atoms with van der Waals surface area (Å²) in [6.45, 7) is 7.44. The van der Waals surface area contributed by atoms with Crippen molar-refractivity contribution in [2.45, 2.75) is 90.8 Å². The van der Waals surface area contributed by atoms with Crippen molar-refractivity contribution in [2.75, 3.05) is 19.7 Å². The number of hydrogen-bond donors (Lipinski definition) is 0. The van der Waals surface area contributed by atoms with Gasteiger partial charge in [0.2, 0.25) is 5.91 Å². The average molecular weight is 483 g/mol. The highest BCUT2D eigenvalue weighted by Crippen LogP contribution is 2.26. The van der Waals surface area contributed by atoms with E-state index < -0.39 is 0 Å². The van der Waals surface area contributed by atoms with Crippen molar-refractivity contribution in [3.05, 3.63) is 59.5 Å². The monoisotopic (exact) mass is 482 g/mol. The summed E-state index contributed by atoms with van der Waals surface area (Å²) < 4.78 is 11.3. The van der Waals surface area contributed by atoms with Gasteiger partial charge in [-0.05, 0) is 57.2 Å². The second-order valence-corrected chi connectivity index (χ2v) is 9.58. The molecular weight excluding hydrogens is 440 g/mol. The van der Waals surface area contributed by atoms with Gasteiger partial charge in [0.15, 0.2) is 0 Å². The van der Waals surface area contributed by atoms with Crippen molar-refractivity contribution in [1.82, 2.24) is 9.80 Å². The molecule has 1 amide bonds. The van der Waals surface area contributed by atoms with Crippen LogP contribution in [0.25, 0.3) is 0 Å². The first kappa shape index (κ1) is 27.0. The average Bonchev–Trinajstić information content (AvgIpc) is 3.29. The van der Waals surface area contributed by atoms with Gasteiger partial charge in [-0.15, -0.1) is 0 Å². The molecule has 0 aliphatic heterocycles. The van der Waals surface area contributed by atoms with Crippen LogP contribution in [0, 0.1) is 6.92 Å². The van der Waals surface area contributed by atoms with Gasteiger partial charge in [-0.25, -0.2) is 0 Å². The third-order valence-electron chi connectivity index (χ3n) is 6.89. The molecule has 1 heterocycles. The minimum Gasteiger partial charge on any atom is -0.465 e. The van der Waals surface area contributed by atoms with Crippen LogP contribution in [-0.2, 0) is 27.3 Å². The van der Waals surface area contributed by atoms with Gasteiger partial charge < -0.3 is 14.1 Å². The van der Waals surface area contributed by atoms with Gasteiger partial charge in [-0.2, -0.15) is 0 Å². The van der Waals surface area contributed by atoms with Crippen molar-refractivity contribution in [2.24, 2.45) is 0 Å². The molecule has 0 radical (unpaired) electrons. The standard InChI is InChI=1S/C29H42N2O4/c1-4-12-27(29(33)34-5-2)31(25-15-10-7-11-16-25)22-28(32)30(21-26-18-17-23(3)35-26)20-19-24-13-8-6-9-14-24/h6,8-9,13-14,17-18,25,27H,4-5,7,10-12,15-16,19-22H2,1-3H3. The minimum atomic E-state index is -0.381. The van der Waals surface area contributed by atoms with E-state index in [9.17, 15) is 9.59 Å². The van der Waals surface area contributed by atoms with Crippen molar-refractivity contribution in [3.63, 3.8) is 0 Å². The van der Waals surface area contributed by atoms with Crippen molar-refractivity contribution < 1.29 is 18.7 Å². The molecule has 0 bridgehead atoms. The van der Waals surface area contributed by atoms with Crippen LogP contribution in [0.4, 0.5) is 0 Å². The molecule has 0 N–H and O–H groups in total. The van der Waals surface area contributed by atoms with Gasteiger partial charge >= 0.3 is 5.97 Å². The molecule has 35 heavy (non-hydrogen) atoms.